The second-order valence-electron chi connectivity index (χ2n) is 6.99. The zero-order valence-corrected chi connectivity index (χ0v) is 17.0. The predicted octanol–water partition coefficient (Wildman–Crippen LogP) is 5.35. The first kappa shape index (κ1) is 21.1. The molecule has 0 unspecified atom stereocenters. The summed E-state index contributed by atoms with van der Waals surface area (Å²) in [5, 5.41) is 2.84. The molecule has 3 rings (SSSR count). The van der Waals surface area contributed by atoms with Crippen LogP contribution in [0.15, 0.2) is 54.6 Å². The number of carbonyl (C=O) groups excluding carboxylic acids is 1. The molecule has 7 heteroatoms. The molecule has 0 saturated heterocycles. The second kappa shape index (κ2) is 8.82. The van der Waals surface area contributed by atoms with E-state index in [0.29, 0.717) is 17.9 Å². The van der Waals surface area contributed by atoms with Crippen molar-refractivity contribution in [1.29, 1.82) is 0 Å². The quantitative estimate of drug-likeness (QED) is 0.537. The molecule has 0 atom stereocenters. The number of nitrogen functional groups attached to an aromatic ring is 1. The van der Waals surface area contributed by atoms with Crippen LogP contribution < -0.4 is 15.8 Å². The maximum atomic E-state index is 14.5. The van der Waals surface area contributed by atoms with E-state index < -0.39 is 17.5 Å². The Labute approximate surface area is 174 Å². The minimum Gasteiger partial charge on any atom is -0.456 e. The molecule has 0 aliphatic carbocycles. The number of nitrogens with one attached hydrogen (secondary N) is 1. The van der Waals surface area contributed by atoms with Crippen LogP contribution in [-0.4, -0.2) is 24.9 Å². The number of nitrogens with zero attached hydrogens (tertiary/aromatic N) is 1. The van der Waals surface area contributed by atoms with E-state index in [1.54, 1.807) is 50.5 Å². The van der Waals surface area contributed by atoms with Gasteiger partial charge in [0.1, 0.15) is 28.7 Å². The molecular weight excluding hydrogens is 388 g/mol. The fraction of sp³-hybridized carbons (Fsp3) is 0.174. The Morgan fingerprint density at radius 2 is 1.83 bits per heavy atom. The third-order valence-electron chi connectivity index (χ3n) is 4.48. The lowest BCUT2D eigenvalue weighted by molar-refractivity contribution is 0.0826. The molecule has 3 aromatic carbocycles. The highest BCUT2D eigenvalue weighted by molar-refractivity contribution is 6.03. The van der Waals surface area contributed by atoms with Crippen molar-refractivity contribution in [3.05, 3.63) is 77.4 Å². The molecule has 0 aromatic heterocycles. The van der Waals surface area contributed by atoms with Crippen LogP contribution in [0.5, 0.6) is 11.5 Å². The number of nitrogens with two attached hydrogens (primary N) is 1. The summed E-state index contributed by atoms with van der Waals surface area (Å²) in [7, 11) is 3.13. The van der Waals surface area contributed by atoms with Crippen molar-refractivity contribution in [2.24, 2.45) is 0 Å². The lowest BCUT2D eigenvalue weighted by Crippen LogP contribution is -2.23. The predicted molar refractivity (Wildman–Crippen MR) is 114 cm³/mol. The Bertz CT molecular complexity index is 1080. The summed E-state index contributed by atoms with van der Waals surface area (Å²) < 4.78 is 34.7. The molecule has 0 aliphatic rings. The third-order valence-corrected chi connectivity index (χ3v) is 4.48. The summed E-state index contributed by atoms with van der Waals surface area (Å²) in [6.07, 6.45) is 0.680. The van der Waals surface area contributed by atoms with Gasteiger partial charge in [0.2, 0.25) is 0 Å². The summed E-state index contributed by atoms with van der Waals surface area (Å²) >= 11 is 0. The molecule has 156 valence electrons. The molecule has 0 heterocycles. The molecule has 3 aromatic rings. The molecule has 0 fully saturated rings. The van der Waals surface area contributed by atoms with Crippen LogP contribution in [0.3, 0.4) is 0 Å². The van der Waals surface area contributed by atoms with E-state index in [1.165, 1.54) is 11.0 Å². The maximum Gasteiger partial charge on any atom is 0.259 e. The number of ether oxygens (including phenoxy) is 1. The number of hydrogen-bond acceptors (Lipinski definition) is 4. The number of amides is 1. The van der Waals surface area contributed by atoms with Crippen LogP contribution >= 0.6 is 0 Å². The summed E-state index contributed by atoms with van der Waals surface area (Å²) in [6, 6.07) is 13.5. The molecule has 0 saturated carbocycles. The van der Waals surface area contributed by atoms with Gasteiger partial charge in [0, 0.05) is 31.9 Å². The van der Waals surface area contributed by atoms with Crippen LogP contribution in [0.4, 0.5) is 25.8 Å². The number of anilines is 3. The first-order chi connectivity index (χ1) is 14.3. The van der Waals surface area contributed by atoms with Crippen LogP contribution in [0.25, 0.3) is 0 Å². The Morgan fingerprint density at radius 1 is 1.07 bits per heavy atom. The van der Waals surface area contributed by atoms with Gasteiger partial charge in [0.05, 0.1) is 11.4 Å². The number of benzene rings is 3. The van der Waals surface area contributed by atoms with E-state index in [-0.39, 0.29) is 22.7 Å². The molecule has 30 heavy (non-hydrogen) atoms. The second-order valence-corrected chi connectivity index (χ2v) is 6.99. The monoisotopic (exact) mass is 411 g/mol. The Hall–Kier alpha value is -3.61. The van der Waals surface area contributed by atoms with Gasteiger partial charge in [-0.1, -0.05) is 19.1 Å². The Balaban J connectivity index is 2.09. The molecule has 3 N–H and O–H groups in total. The normalized spacial score (nSPS) is 10.6. The largest absolute Gasteiger partial charge is 0.456 e. The summed E-state index contributed by atoms with van der Waals surface area (Å²) in [4.78, 5) is 14.2. The molecular formula is C23H23F2N3O2. The van der Waals surface area contributed by atoms with Crippen LogP contribution in [-0.2, 0) is 6.42 Å². The van der Waals surface area contributed by atoms with Crippen molar-refractivity contribution < 1.29 is 18.3 Å². The average molecular weight is 411 g/mol. The van der Waals surface area contributed by atoms with Crippen LogP contribution in [0, 0.1) is 11.6 Å². The number of rotatable bonds is 6. The van der Waals surface area contributed by atoms with Gasteiger partial charge in [-0.25, -0.2) is 8.78 Å². The van der Waals surface area contributed by atoms with E-state index in [9.17, 15) is 13.6 Å². The van der Waals surface area contributed by atoms with E-state index in [1.807, 2.05) is 6.92 Å². The molecule has 0 aliphatic heterocycles. The first-order valence-corrected chi connectivity index (χ1v) is 9.42. The van der Waals surface area contributed by atoms with Crippen LogP contribution in [0.2, 0.25) is 0 Å². The van der Waals surface area contributed by atoms with Gasteiger partial charge < -0.3 is 20.7 Å². The maximum absolute atomic E-state index is 14.5. The lowest BCUT2D eigenvalue weighted by Gasteiger charge is -2.20. The molecule has 5 nitrogen and oxygen atoms in total. The minimum absolute atomic E-state index is 0.00705. The molecule has 1 amide bonds. The van der Waals surface area contributed by atoms with Crippen LogP contribution in [0.1, 0.15) is 22.8 Å². The highest BCUT2D eigenvalue weighted by atomic mass is 19.1. The first-order valence-electron chi connectivity index (χ1n) is 9.42. The summed E-state index contributed by atoms with van der Waals surface area (Å²) in [6.45, 7) is 1.92. The third kappa shape index (κ3) is 4.68. The fourth-order valence-electron chi connectivity index (χ4n) is 2.94. The number of hydrogen-bond donors (Lipinski definition) is 2. The smallest absolute Gasteiger partial charge is 0.259 e. The highest BCUT2D eigenvalue weighted by Gasteiger charge is 2.23. The van der Waals surface area contributed by atoms with Gasteiger partial charge in [-0.15, -0.1) is 0 Å². The van der Waals surface area contributed by atoms with Crippen molar-refractivity contribution >= 4 is 23.0 Å². The zero-order valence-electron chi connectivity index (χ0n) is 17.0. The van der Waals surface area contributed by atoms with Gasteiger partial charge in [0.15, 0.2) is 0 Å². The van der Waals surface area contributed by atoms with E-state index >= 15 is 0 Å². The van der Waals surface area contributed by atoms with E-state index in [0.717, 1.165) is 17.7 Å². The van der Waals surface area contributed by atoms with Crippen molar-refractivity contribution in [3.63, 3.8) is 0 Å². The molecule has 0 radical (unpaired) electrons. The lowest BCUT2D eigenvalue weighted by atomic mass is 10.1. The highest BCUT2D eigenvalue weighted by Crippen LogP contribution is 2.35. The van der Waals surface area contributed by atoms with Gasteiger partial charge >= 0.3 is 0 Å². The summed E-state index contributed by atoms with van der Waals surface area (Å²) in [5.74, 6) is -1.23. The average Bonchev–Trinajstić information content (AvgIpc) is 2.69. The zero-order chi connectivity index (χ0) is 21.8. The number of halogens is 2. The molecule has 0 bridgehead atoms. The summed E-state index contributed by atoms with van der Waals surface area (Å²) in [5.41, 5.74) is 7.35. The number of carbonyl (C=O) groups is 1. The van der Waals surface area contributed by atoms with E-state index in [2.05, 4.69) is 5.32 Å². The van der Waals surface area contributed by atoms with Crippen molar-refractivity contribution in [2.75, 3.05) is 25.1 Å². The van der Waals surface area contributed by atoms with Crippen molar-refractivity contribution in [1.82, 2.24) is 4.90 Å². The van der Waals surface area contributed by atoms with Gasteiger partial charge in [-0.3, -0.25) is 4.79 Å². The van der Waals surface area contributed by atoms with Gasteiger partial charge in [-0.2, -0.15) is 0 Å². The SMILES string of the molecule is CCc1ccc(Nc2cc(F)cc(Oc3cccc(N)c3)c2C(=O)N(C)C)c(F)c1. The van der Waals surface area contributed by atoms with Gasteiger partial charge in [-0.05, 0) is 42.3 Å². The Kier molecular flexibility index (Phi) is 6.20. The van der Waals surface area contributed by atoms with Crippen molar-refractivity contribution in [3.8, 4) is 11.5 Å². The Morgan fingerprint density at radius 3 is 2.47 bits per heavy atom. The fourth-order valence-corrected chi connectivity index (χ4v) is 2.94. The topological polar surface area (TPSA) is 67.6 Å². The minimum atomic E-state index is -0.641. The van der Waals surface area contributed by atoms with E-state index in [4.69, 9.17) is 10.5 Å². The van der Waals surface area contributed by atoms with Crippen molar-refractivity contribution in [2.45, 2.75) is 13.3 Å². The molecule has 0 spiro atoms. The number of aryl methyl sites for hydroxylation is 1. The standard InChI is InChI=1S/C23H23F2N3O2/c1-4-14-8-9-19(18(25)10-14)27-20-11-15(24)12-21(22(20)23(29)28(2)3)30-17-7-5-6-16(26)13-17/h5-13,27H,4,26H2,1-3H3. The van der Waals surface area contributed by atoms with Gasteiger partial charge in [0.25, 0.3) is 5.91 Å².